The number of rotatable bonds is 9. The second kappa shape index (κ2) is 11.4. The van der Waals surface area contributed by atoms with Gasteiger partial charge in [-0.05, 0) is 55.4 Å². The van der Waals surface area contributed by atoms with Crippen LogP contribution in [0.2, 0.25) is 0 Å². The smallest absolute Gasteiger partial charge is 0.335 e. The average molecular weight is 536 g/mol. The Labute approximate surface area is 225 Å². The van der Waals surface area contributed by atoms with Gasteiger partial charge in [0.25, 0.3) is 0 Å². The van der Waals surface area contributed by atoms with Gasteiger partial charge >= 0.3 is 5.97 Å². The number of pyridine rings is 1. The molecule has 39 heavy (non-hydrogen) atoms. The summed E-state index contributed by atoms with van der Waals surface area (Å²) in [7, 11) is 3.03. The molecule has 1 aliphatic carbocycles. The van der Waals surface area contributed by atoms with Crippen LogP contribution in [0.4, 0.5) is 8.78 Å². The Balaban J connectivity index is 1.64. The molecule has 2 heterocycles. The van der Waals surface area contributed by atoms with Gasteiger partial charge in [0.1, 0.15) is 5.82 Å². The predicted molar refractivity (Wildman–Crippen MR) is 143 cm³/mol. The minimum absolute atomic E-state index is 0.0684. The third kappa shape index (κ3) is 5.44. The molecule has 1 N–H and O–H groups in total. The zero-order valence-electron chi connectivity index (χ0n) is 22.0. The van der Waals surface area contributed by atoms with Gasteiger partial charge in [0.15, 0.2) is 11.6 Å². The fourth-order valence-electron chi connectivity index (χ4n) is 5.70. The summed E-state index contributed by atoms with van der Waals surface area (Å²) in [6.07, 6.45) is 6.81. The van der Waals surface area contributed by atoms with Gasteiger partial charge in [-0.25, -0.2) is 18.6 Å². The summed E-state index contributed by atoms with van der Waals surface area (Å²) < 4.78 is 41.8. The molecule has 7 nitrogen and oxygen atoms in total. The van der Waals surface area contributed by atoms with E-state index in [4.69, 9.17) is 14.5 Å². The molecule has 0 spiro atoms. The average Bonchev–Trinajstić information content (AvgIpc) is 3.31. The van der Waals surface area contributed by atoms with Crippen molar-refractivity contribution in [2.75, 3.05) is 14.2 Å². The van der Waals surface area contributed by atoms with Gasteiger partial charge in [-0.3, -0.25) is 0 Å². The van der Waals surface area contributed by atoms with Crippen molar-refractivity contribution in [3.05, 3.63) is 71.3 Å². The fourth-order valence-corrected chi connectivity index (χ4v) is 5.70. The Kier molecular flexibility index (Phi) is 7.77. The van der Waals surface area contributed by atoms with Crippen LogP contribution in [-0.2, 0) is 6.42 Å². The third-order valence-electron chi connectivity index (χ3n) is 7.66. The van der Waals surface area contributed by atoms with Gasteiger partial charge in [0.2, 0.25) is 11.8 Å². The SMILES string of the molecule is COc1ccc(-c2nc3cc(F)c(F)cc3n2C(CCc2ccc(C(=O)O)cc2)C2CCCCC2)c(OC)n1. The number of aryl methyl sites for hydroxylation is 1. The molecule has 4 aromatic rings. The van der Waals surface area contributed by atoms with Gasteiger partial charge in [0, 0.05) is 24.2 Å². The number of hydrogen-bond acceptors (Lipinski definition) is 5. The first-order chi connectivity index (χ1) is 18.9. The van der Waals surface area contributed by atoms with Crippen molar-refractivity contribution >= 4 is 17.0 Å². The quantitative estimate of drug-likeness (QED) is 0.252. The van der Waals surface area contributed by atoms with Crippen molar-refractivity contribution in [2.24, 2.45) is 5.92 Å². The molecule has 5 rings (SSSR count). The second-order valence-electron chi connectivity index (χ2n) is 9.98. The number of methoxy groups -OCH3 is 2. The molecule has 1 saturated carbocycles. The van der Waals surface area contributed by atoms with Crippen molar-refractivity contribution in [2.45, 2.75) is 51.0 Å². The highest BCUT2D eigenvalue weighted by Gasteiger charge is 2.30. The summed E-state index contributed by atoms with van der Waals surface area (Å²) in [6.45, 7) is 0. The standard InChI is InChI=1S/C30H31F2N3O4/c1-38-27-15-13-21(29(34-27)39-2)28-33-24-16-22(31)23(32)17-26(24)35(28)25(19-6-4-3-5-7-19)14-10-18-8-11-20(12-9-18)30(36)37/h8-9,11-13,15-17,19,25H,3-7,10,14H2,1-2H3,(H,36,37). The van der Waals surface area contributed by atoms with Crippen LogP contribution < -0.4 is 9.47 Å². The maximum atomic E-state index is 14.6. The van der Waals surface area contributed by atoms with E-state index >= 15 is 0 Å². The van der Waals surface area contributed by atoms with E-state index in [9.17, 15) is 18.7 Å². The lowest BCUT2D eigenvalue weighted by Crippen LogP contribution is -2.23. The van der Waals surface area contributed by atoms with Crippen LogP contribution in [-0.4, -0.2) is 39.8 Å². The molecule has 2 aromatic carbocycles. The first-order valence-corrected chi connectivity index (χ1v) is 13.2. The molecule has 1 unspecified atom stereocenters. The molecule has 0 bridgehead atoms. The number of hydrogen-bond donors (Lipinski definition) is 1. The minimum atomic E-state index is -0.965. The van der Waals surface area contributed by atoms with Crippen molar-refractivity contribution < 1.29 is 28.2 Å². The number of aromatic nitrogens is 3. The monoisotopic (exact) mass is 535 g/mol. The van der Waals surface area contributed by atoms with Crippen LogP contribution in [0, 0.1) is 17.6 Å². The maximum absolute atomic E-state index is 14.6. The molecule has 0 radical (unpaired) electrons. The Hall–Kier alpha value is -4.01. The topological polar surface area (TPSA) is 86.5 Å². The lowest BCUT2D eigenvalue weighted by atomic mass is 9.81. The fraction of sp³-hybridized carbons (Fsp3) is 0.367. The zero-order valence-corrected chi connectivity index (χ0v) is 22.0. The van der Waals surface area contributed by atoms with E-state index in [1.807, 2.05) is 16.7 Å². The van der Waals surface area contributed by atoms with Crippen LogP contribution >= 0.6 is 0 Å². The van der Waals surface area contributed by atoms with Crippen LogP contribution in [0.5, 0.6) is 11.8 Å². The molecular formula is C30H31F2N3O4. The molecule has 0 amide bonds. The lowest BCUT2D eigenvalue weighted by Gasteiger charge is -2.33. The lowest BCUT2D eigenvalue weighted by molar-refractivity contribution is 0.0697. The first kappa shape index (κ1) is 26.6. The second-order valence-corrected chi connectivity index (χ2v) is 9.98. The molecular weight excluding hydrogens is 504 g/mol. The third-order valence-corrected chi connectivity index (χ3v) is 7.66. The zero-order chi connectivity index (χ0) is 27.5. The Morgan fingerprint density at radius 2 is 1.72 bits per heavy atom. The van der Waals surface area contributed by atoms with Gasteiger partial charge in [-0.15, -0.1) is 0 Å². The molecule has 1 atom stereocenters. The molecule has 1 aliphatic rings. The number of halogens is 2. The van der Waals surface area contributed by atoms with E-state index in [1.165, 1.54) is 26.7 Å². The predicted octanol–water partition coefficient (Wildman–Crippen LogP) is 6.85. The summed E-state index contributed by atoms with van der Waals surface area (Å²) in [6, 6.07) is 12.7. The highest BCUT2D eigenvalue weighted by Crippen LogP contribution is 2.42. The number of carboxylic acids is 1. The molecule has 0 aliphatic heterocycles. The number of carbonyl (C=O) groups is 1. The number of imidazole rings is 1. The van der Waals surface area contributed by atoms with Crippen molar-refractivity contribution in [1.29, 1.82) is 0 Å². The van der Waals surface area contributed by atoms with Gasteiger partial charge < -0.3 is 19.1 Å². The highest BCUT2D eigenvalue weighted by molar-refractivity contribution is 5.87. The number of fused-ring (bicyclic) bond motifs is 1. The molecule has 0 saturated heterocycles. The van der Waals surface area contributed by atoms with Crippen molar-refractivity contribution in [3.8, 4) is 23.1 Å². The van der Waals surface area contributed by atoms with Crippen molar-refractivity contribution in [3.63, 3.8) is 0 Å². The van der Waals surface area contributed by atoms with Crippen LogP contribution in [0.15, 0.2) is 48.5 Å². The molecule has 9 heteroatoms. The summed E-state index contributed by atoms with van der Waals surface area (Å²) >= 11 is 0. The number of benzene rings is 2. The normalized spacial score (nSPS) is 14.9. The number of ether oxygens (including phenoxy) is 2. The van der Waals surface area contributed by atoms with Crippen LogP contribution in [0.1, 0.15) is 60.5 Å². The molecule has 1 fully saturated rings. The maximum Gasteiger partial charge on any atom is 0.335 e. The Morgan fingerprint density at radius 3 is 2.38 bits per heavy atom. The largest absolute Gasteiger partial charge is 0.481 e. The Morgan fingerprint density at radius 1 is 1.00 bits per heavy atom. The Bertz CT molecular complexity index is 1480. The number of carboxylic acid groups (broad SMARTS) is 1. The number of nitrogens with zero attached hydrogens (tertiary/aromatic N) is 3. The van der Waals surface area contributed by atoms with Gasteiger partial charge in [-0.1, -0.05) is 31.4 Å². The van der Waals surface area contributed by atoms with Crippen LogP contribution in [0.25, 0.3) is 22.4 Å². The highest BCUT2D eigenvalue weighted by atomic mass is 19.2. The van der Waals surface area contributed by atoms with E-state index in [2.05, 4.69) is 4.98 Å². The van der Waals surface area contributed by atoms with Crippen molar-refractivity contribution in [1.82, 2.24) is 14.5 Å². The van der Waals surface area contributed by atoms with E-state index < -0.39 is 17.6 Å². The van der Waals surface area contributed by atoms with Gasteiger partial charge in [-0.2, -0.15) is 4.98 Å². The number of aromatic carboxylic acids is 1. The van der Waals surface area contributed by atoms with Crippen LogP contribution in [0.3, 0.4) is 0 Å². The molecule has 204 valence electrons. The van der Waals surface area contributed by atoms with E-state index in [-0.39, 0.29) is 11.6 Å². The van der Waals surface area contributed by atoms with Gasteiger partial charge in [0.05, 0.1) is 36.4 Å². The summed E-state index contributed by atoms with van der Waals surface area (Å²) in [5, 5.41) is 9.26. The summed E-state index contributed by atoms with van der Waals surface area (Å²) in [4.78, 5) is 20.5. The summed E-state index contributed by atoms with van der Waals surface area (Å²) in [5.74, 6) is -1.33. The summed E-state index contributed by atoms with van der Waals surface area (Å²) in [5.41, 5.74) is 2.71. The van der Waals surface area contributed by atoms with E-state index in [0.717, 1.165) is 37.3 Å². The molecule has 2 aromatic heterocycles. The minimum Gasteiger partial charge on any atom is -0.481 e. The van der Waals surface area contributed by atoms with E-state index in [0.29, 0.717) is 52.9 Å². The first-order valence-electron chi connectivity index (χ1n) is 13.2. The van der Waals surface area contributed by atoms with E-state index in [1.54, 1.807) is 24.3 Å².